The highest BCUT2D eigenvalue weighted by Gasteiger charge is 2.07. The van der Waals surface area contributed by atoms with E-state index >= 15 is 0 Å². The van der Waals surface area contributed by atoms with E-state index in [-0.39, 0.29) is 0 Å². The molecule has 2 aromatic carbocycles. The first-order valence-corrected chi connectivity index (χ1v) is 7.07. The van der Waals surface area contributed by atoms with Gasteiger partial charge in [0, 0.05) is 32.0 Å². The van der Waals surface area contributed by atoms with Gasteiger partial charge in [0.05, 0.1) is 0 Å². The number of anilines is 2. The van der Waals surface area contributed by atoms with Gasteiger partial charge in [0.25, 0.3) is 0 Å². The Morgan fingerprint density at radius 1 is 0.950 bits per heavy atom. The summed E-state index contributed by atoms with van der Waals surface area (Å²) in [6.45, 7) is 7.44. The van der Waals surface area contributed by atoms with Crippen molar-refractivity contribution >= 4 is 11.4 Å². The first-order valence-electron chi connectivity index (χ1n) is 7.07. The van der Waals surface area contributed by atoms with E-state index < -0.39 is 0 Å². The van der Waals surface area contributed by atoms with Crippen LogP contribution in [0.25, 0.3) is 0 Å². The van der Waals surface area contributed by atoms with Crippen LogP contribution < -0.4 is 10.2 Å². The molecule has 0 unspecified atom stereocenters. The summed E-state index contributed by atoms with van der Waals surface area (Å²) in [5.74, 6) is 0. The van der Waals surface area contributed by atoms with Crippen molar-refractivity contribution in [3.8, 4) is 0 Å². The van der Waals surface area contributed by atoms with E-state index in [4.69, 9.17) is 0 Å². The monoisotopic (exact) mass is 268 g/mol. The first kappa shape index (κ1) is 14.4. The molecule has 0 saturated heterocycles. The smallest absolute Gasteiger partial charge is 0.0427 e. The van der Waals surface area contributed by atoms with Crippen LogP contribution in [-0.2, 0) is 6.54 Å². The lowest BCUT2D eigenvalue weighted by Gasteiger charge is -2.23. The van der Waals surface area contributed by atoms with E-state index in [9.17, 15) is 0 Å². The largest absolute Gasteiger partial charge is 0.388 e. The fourth-order valence-electron chi connectivity index (χ4n) is 2.54. The standard InChI is InChI=1S/C18H24N2/c1-13-9-15(3)18(10-14(13)2)20(5)12-16-7-6-8-17(11-16)19-4/h6-11,19H,12H2,1-5H3. The molecule has 20 heavy (non-hydrogen) atoms. The second-order valence-electron chi connectivity index (χ2n) is 5.53. The third-order valence-electron chi connectivity index (χ3n) is 3.86. The molecule has 0 aliphatic rings. The molecule has 106 valence electrons. The Kier molecular flexibility index (Phi) is 4.33. The second-order valence-corrected chi connectivity index (χ2v) is 5.53. The van der Waals surface area contributed by atoms with Gasteiger partial charge in [-0.2, -0.15) is 0 Å². The molecule has 0 spiro atoms. The van der Waals surface area contributed by atoms with E-state index in [1.54, 1.807) is 0 Å². The fourth-order valence-corrected chi connectivity index (χ4v) is 2.54. The van der Waals surface area contributed by atoms with Crippen molar-refractivity contribution < 1.29 is 0 Å². The predicted molar refractivity (Wildman–Crippen MR) is 88.7 cm³/mol. The third-order valence-corrected chi connectivity index (χ3v) is 3.86. The molecule has 0 radical (unpaired) electrons. The Hall–Kier alpha value is -1.96. The van der Waals surface area contributed by atoms with Gasteiger partial charge in [-0.25, -0.2) is 0 Å². The number of aryl methyl sites for hydroxylation is 3. The van der Waals surface area contributed by atoms with Gasteiger partial charge >= 0.3 is 0 Å². The molecular formula is C18H24N2. The van der Waals surface area contributed by atoms with Crippen LogP contribution in [0, 0.1) is 20.8 Å². The Balaban J connectivity index is 2.23. The highest BCUT2D eigenvalue weighted by molar-refractivity contribution is 5.57. The molecule has 0 aromatic heterocycles. The number of rotatable bonds is 4. The van der Waals surface area contributed by atoms with Gasteiger partial charge in [-0.15, -0.1) is 0 Å². The van der Waals surface area contributed by atoms with Crippen LogP contribution in [0.4, 0.5) is 11.4 Å². The Morgan fingerprint density at radius 2 is 1.65 bits per heavy atom. The number of hydrogen-bond acceptors (Lipinski definition) is 2. The van der Waals surface area contributed by atoms with Crippen molar-refractivity contribution in [2.45, 2.75) is 27.3 Å². The average Bonchev–Trinajstić information content (AvgIpc) is 2.43. The summed E-state index contributed by atoms with van der Waals surface area (Å²) in [6, 6.07) is 13.1. The van der Waals surface area contributed by atoms with Crippen molar-refractivity contribution in [1.82, 2.24) is 0 Å². The zero-order chi connectivity index (χ0) is 14.7. The Bertz CT molecular complexity index is 602. The zero-order valence-electron chi connectivity index (χ0n) is 13.1. The third kappa shape index (κ3) is 3.13. The van der Waals surface area contributed by atoms with Gasteiger partial charge in [-0.1, -0.05) is 18.2 Å². The predicted octanol–water partition coefficient (Wildman–Crippen LogP) is 4.29. The summed E-state index contributed by atoms with van der Waals surface area (Å²) in [6.07, 6.45) is 0. The number of hydrogen-bond donors (Lipinski definition) is 1. The minimum Gasteiger partial charge on any atom is -0.388 e. The first-order chi connectivity index (χ1) is 9.51. The molecule has 2 rings (SSSR count). The van der Waals surface area contributed by atoms with Gasteiger partial charge in [0.2, 0.25) is 0 Å². The van der Waals surface area contributed by atoms with E-state index in [1.165, 1.54) is 27.9 Å². The zero-order valence-corrected chi connectivity index (χ0v) is 13.1. The number of benzene rings is 2. The van der Waals surface area contributed by atoms with Crippen molar-refractivity contribution in [3.63, 3.8) is 0 Å². The van der Waals surface area contributed by atoms with Crippen LogP contribution in [0.5, 0.6) is 0 Å². The molecule has 0 amide bonds. The van der Waals surface area contributed by atoms with Crippen LogP contribution in [-0.4, -0.2) is 14.1 Å². The molecule has 0 bridgehead atoms. The molecule has 0 aliphatic carbocycles. The highest BCUT2D eigenvalue weighted by atomic mass is 15.1. The highest BCUT2D eigenvalue weighted by Crippen LogP contribution is 2.24. The van der Waals surface area contributed by atoms with Crippen molar-refractivity contribution in [1.29, 1.82) is 0 Å². The summed E-state index contributed by atoms with van der Waals surface area (Å²) < 4.78 is 0. The van der Waals surface area contributed by atoms with Gasteiger partial charge in [0.15, 0.2) is 0 Å². The van der Waals surface area contributed by atoms with E-state index in [0.29, 0.717) is 0 Å². The Labute approximate surface area is 122 Å². The number of nitrogens with zero attached hydrogens (tertiary/aromatic N) is 1. The maximum atomic E-state index is 3.19. The topological polar surface area (TPSA) is 15.3 Å². The summed E-state index contributed by atoms with van der Waals surface area (Å²) in [5, 5.41) is 3.19. The quantitative estimate of drug-likeness (QED) is 0.890. The molecule has 2 aromatic rings. The fraction of sp³-hybridized carbons (Fsp3) is 0.333. The normalized spacial score (nSPS) is 10.4. The Morgan fingerprint density at radius 3 is 2.35 bits per heavy atom. The van der Waals surface area contributed by atoms with Crippen LogP contribution in [0.1, 0.15) is 22.3 Å². The molecule has 0 atom stereocenters. The van der Waals surface area contributed by atoms with Gasteiger partial charge < -0.3 is 10.2 Å². The molecule has 0 aliphatic heterocycles. The lowest BCUT2D eigenvalue weighted by Crippen LogP contribution is -2.17. The molecule has 1 N–H and O–H groups in total. The SMILES string of the molecule is CNc1cccc(CN(C)c2cc(C)c(C)cc2C)c1. The lowest BCUT2D eigenvalue weighted by molar-refractivity contribution is 0.915. The summed E-state index contributed by atoms with van der Waals surface area (Å²) in [7, 11) is 4.11. The molecule has 0 saturated carbocycles. The molecule has 2 heteroatoms. The summed E-state index contributed by atoms with van der Waals surface area (Å²) in [5.41, 5.74) is 7.83. The van der Waals surface area contributed by atoms with Crippen LogP contribution in [0.2, 0.25) is 0 Å². The van der Waals surface area contributed by atoms with Gasteiger partial charge in [0.1, 0.15) is 0 Å². The lowest BCUT2D eigenvalue weighted by atomic mass is 10.0. The van der Waals surface area contributed by atoms with Crippen LogP contribution in [0.3, 0.4) is 0 Å². The van der Waals surface area contributed by atoms with Crippen molar-refractivity contribution in [2.75, 3.05) is 24.3 Å². The molecule has 2 nitrogen and oxygen atoms in total. The number of nitrogens with one attached hydrogen (secondary N) is 1. The second kappa shape index (κ2) is 6.00. The maximum Gasteiger partial charge on any atom is 0.0427 e. The minimum atomic E-state index is 0.916. The minimum absolute atomic E-state index is 0.916. The molecule has 0 fully saturated rings. The summed E-state index contributed by atoms with van der Waals surface area (Å²) >= 11 is 0. The van der Waals surface area contributed by atoms with E-state index in [1.807, 2.05) is 7.05 Å². The van der Waals surface area contributed by atoms with E-state index in [2.05, 4.69) is 74.4 Å². The molecular weight excluding hydrogens is 244 g/mol. The van der Waals surface area contributed by atoms with Gasteiger partial charge in [-0.3, -0.25) is 0 Å². The van der Waals surface area contributed by atoms with Crippen LogP contribution >= 0.6 is 0 Å². The van der Waals surface area contributed by atoms with E-state index in [0.717, 1.165) is 12.2 Å². The maximum absolute atomic E-state index is 3.19. The van der Waals surface area contributed by atoms with Gasteiger partial charge in [-0.05, 0) is 61.2 Å². The van der Waals surface area contributed by atoms with Crippen molar-refractivity contribution in [3.05, 3.63) is 58.7 Å². The summed E-state index contributed by atoms with van der Waals surface area (Å²) in [4.78, 5) is 2.32. The average molecular weight is 268 g/mol. The molecule has 0 heterocycles. The van der Waals surface area contributed by atoms with Crippen molar-refractivity contribution in [2.24, 2.45) is 0 Å². The van der Waals surface area contributed by atoms with Crippen LogP contribution in [0.15, 0.2) is 36.4 Å².